The summed E-state index contributed by atoms with van der Waals surface area (Å²) < 4.78 is 42.0. The van der Waals surface area contributed by atoms with Gasteiger partial charge in [-0.3, -0.25) is 14.9 Å². The van der Waals surface area contributed by atoms with Crippen molar-refractivity contribution in [1.82, 2.24) is 9.62 Å². The average Bonchev–Trinajstić information content (AvgIpc) is 2.83. The smallest absolute Gasteiger partial charge is 0.338 e. The maximum atomic E-state index is 12.9. The predicted molar refractivity (Wildman–Crippen MR) is 117 cm³/mol. The number of halogens is 1. The molecule has 3 rings (SSSR count). The van der Waals surface area contributed by atoms with Gasteiger partial charge in [-0.05, 0) is 42.5 Å². The highest BCUT2D eigenvalue weighted by molar-refractivity contribution is 7.89. The SMILES string of the molecule is COc1ccc(C(=O)NC(=O)COC(=O)c2ccc(Cl)c(S(=O)(=O)N3CCOCC3)c2)cc1. The molecule has 1 saturated heterocycles. The van der Waals surface area contributed by atoms with Gasteiger partial charge in [-0.15, -0.1) is 0 Å². The molecular formula is C21H21ClN2O8S. The van der Waals surface area contributed by atoms with Crippen LogP contribution in [0.3, 0.4) is 0 Å². The number of carbonyl (C=O) groups is 3. The summed E-state index contributed by atoms with van der Waals surface area (Å²) in [6, 6.07) is 9.69. The van der Waals surface area contributed by atoms with Crippen LogP contribution in [0.15, 0.2) is 47.4 Å². The van der Waals surface area contributed by atoms with Crippen LogP contribution in [0.4, 0.5) is 0 Å². The van der Waals surface area contributed by atoms with E-state index in [-0.39, 0.29) is 47.3 Å². The second-order valence-electron chi connectivity index (χ2n) is 6.84. The van der Waals surface area contributed by atoms with Crippen molar-refractivity contribution in [1.29, 1.82) is 0 Å². The van der Waals surface area contributed by atoms with E-state index in [4.69, 9.17) is 25.8 Å². The molecule has 0 radical (unpaired) electrons. The first kappa shape index (κ1) is 24.6. The molecule has 0 atom stereocenters. The van der Waals surface area contributed by atoms with Gasteiger partial charge >= 0.3 is 5.97 Å². The Kier molecular flexibility index (Phi) is 8.03. The van der Waals surface area contributed by atoms with Gasteiger partial charge < -0.3 is 14.2 Å². The van der Waals surface area contributed by atoms with Crippen molar-refractivity contribution in [3.63, 3.8) is 0 Å². The summed E-state index contributed by atoms with van der Waals surface area (Å²) in [6.45, 7) is 0.0895. The minimum absolute atomic E-state index is 0.0547. The van der Waals surface area contributed by atoms with Crippen LogP contribution >= 0.6 is 11.6 Å². The minimum atomic E-state index is -3.95. The molecule has 0 aliphatic carbocycles. The first-order chi connectivity index (χ1) is 15.7. The van der Waals surface area contributed by atoms with E-state index in [1.807, 2.05) is 0 Å². The highest BCUT2D eigenvalue weighted by Gasteiger charge is 2.29. The summed E-state index contributed by atoms with van der Waals surface area (Å²) in [5.41, 5.74) is 0.103. The van der Waals surface area contributed by atoms with Crippen LogP contribution in [-0.4, -0.2) is 70.5 Å². The number of nitrogens with one attached hydrogen (secondary N) is 1. The number of amides is 2. The highest BCUT2D eigenvalue weighted by Crippen LogP contribution is 2.26. The number of imide groups is 1. The Bertz CT molecular complexity index is 1150. The number of carbonyl (C=O) groups excluding carboxylic acids is 3. The molecule has 1 aliphatic heterocycles. The topological polar surface area (TPSA) is 128 Å². The standard InChI is InChI=1S/C21H21ClN2O8S/c1-30-16-5-2-14(3-6-16)20(26)23-19(25)13-32-21(27)15-4-7-17(22)18(12-15)33(28,29)24-8-10-31-11-9-24/h2-7,12H,8-11,13H2,1H3,(H,23,25,26). The van der Waals surface area contributed by atoms with E-state index in [0.717, 1.165) is 6.07 Å². The quantitative estimate of drug-likeness (QED) is 0.571. The van der Waals surface area contributed by atoms with Crippen LogP contribution in [0, 0.1) is 0 Å². The number of benzene rings is 2. The highest BCUT2D eigenvalue weighted by atomic mass is 35.5. The van der Waals surface area contributed by atoms with E-state index in [0.29, 0.717) is 5.75 Å². The van der Waals surface area contributed by atoms with Gasteiger partial charge in [0.15, 0.2) is 6.61 Å². The van der Waals surface area contributed by atoms with Crippen LogP contribution in [0.5, 0.6) is 5.75 Å². The van der Waals surface area contributed by atoms with Crippen molar-refractivity contribution in [2.75, 3.05) is 40.0 Å². The third kappa shape index (κ3) is 6.08. The lowest BCUT2D eigenvalue weighted by Gasteiger charge is -2.26. The Morgan fingerprint density at radius 1 is 1.06 bits per heavy atom. The van der Waals surface area contributed by atoms with Crippen LogP contribution in [-0.2, 0) is 24.3 Å². The van der Waals surface area contributed by atoms with Crippen molar-refractivity contribution in [2.24, 2.45) is 0 Å². The Morgan fingerprint density at radius 2 is 1.70 bits per heavy atom. The second kappa shape index (κ2) is 10.8. The summed E-state index contributed by atoms with van der Waals surface area (Å²) in [7, 11) is -2.47. The molecule has 10 nitrogen and oxygen atoms in total. The summed E-state index contributed by atoms with van der Waals surface area (Å²) >= 11 is 6.07. The maximum absolute atomic E-state index is 12.9. The molecule has 2 amide bonds. The van der Waals surface area contributed by atoms with Crippen LogP contribution in [0.2, 0.25) is 5.02 Å². The third-order valence-corrected chi connectivity index (χ3v) is 7.07. The Labute approximate surface area is 195 Å². The van der Waals surface area contributed by atoms with Crippen molar-refractivity contribution in [3.8, 4) is 5.75 Å². The summed E-state index contributed by atoms with van der Waals surface area (Å²) in [4.78, 5) is 36.2. The average molecular weight is 497 g/mol. The maximum Gasteiger partial charge on any atom is 0.338 e. The lowest BCUT2D eigenvalue weighted by molar-refractivity contribution is -0.123. The molecule has 0 spiro atoms. The molecule has 176 valence electrons. The molecule has 1 fully saturated rings. The molecule has 1 heterocycles. The van der Waals surface area contributed by atoms with Gasteiger partial charge in [0.25, 0.3) is 11.8 Å². The van der Waals surface area contributed by atoms with Crippen molar-refractivity contribution < 1.29 is 37.0 Å². The zero-order valence-corrected chi connectivity index (χ0v) is 19.1. The monoisotopic (exact) mass is 496 g/mol. The van der Waals surface area contributed by atoms with Crippen LogP contribution in [0.25, 0.3) is 0 Å². The summed E-state index contributed by atoms with van der Waals surface area (Å²) in [6.07, 6.45) is 0. The molecule has 0 bridgehead atoms. The van der Waals surface area contributed by atoms with E-state index < -0.39 is 34.4 Å². The lowest BCUT2D eigenvalue weighted by atomic mass is 10.2. The molecule has 0 saturated carbocycles. The predicted octanol–water partition coefficient (Wildman–Crippen LogP) is 1.48. The van der Waals surface area contributed by atoms with E-state index in [9.17, 15) is 22.8 Å². The molecule has 2 aromatic rings. The second-order valence-corrected chi connectivity index (χ2v) is 9.16. The number of ether oxygens (including phenoxy) is 3. The molecule has 0 aromatic heterocycles. The molecule has 12 heteroatoms. The van der Waals surface area contributed by atoms with Gasteiger partial charge in [-0.1, -0.05) is 11.6 Å². The van der Waals surface area contributed by atoms with Crippen molar-refractivity contribution >= 4 is 39.4 Å². The zero-order valence-electron chi connectivity index (χ0n) is 17.6. The number of hydrogen-bond acceptors (Lipinski definition) is 8. The number of rotatable bonds is 7. The van der Waals surface area contributed by atoms with Gasteiger partial charge in [-0.25, -0.2) is 13.2 Å². The third-order valence-electron chi connectivity index (χ3n) is 4.69. The lowest BCUT2D eigenvalue weighted by Crippen LogP contribution is -2.40. The Morgan fingerprint density at radius 3 is 2.33 bits per heavy atom. The van der Waals surface area contributed by atoms with E-state index >= 15 is 0 Å². The summed E-state index contributed by atoms with van der Waals surface area (Å²) in [5, 5.41) is 2.04. The minimum Gasteiger partial charge on any atom is -0.497 e. The van der Waals surface area contributed by atoms with Gasteiger partial charge in [-0.2, -0.15) is 4.31 Å². The largest absolute Gasteiger partial charge is 0.497 e. The van der Waals surface area contributed by atoms with Gasteiger partial charge in [0.05, 0.1) is 30.9 Å². The van der Waals surface area contributed by atoms with Gasteiger partial charge in [0, 0.05) is 18.7 Å². The molecule has 33 heavy (non-hydrogen) atoms. The first-order valence-electron chi connectivity index (χ1n) is 9.75. The van der Waals surface area contributed by atoms with Gasteiger partial charge in [0.1, 0.15) is 10.6 Å². The summed E-state index contributed by atoms with van der Waals surface area (Å²) in [5.74, 6) is -1.93. The van der Waals surface area contributed by atoms with Crippen LogP contribution < -0.4 is 10.1 Å². The fraction of sp³-hybridized carbons (Fsp3) is 0.286. The molecule has 0 unspecified atom stereocenters. The van der Waals surface area contributed by atoms with Crippen molar-refractivity contribution in [3.05, 3.63) is 58.6 Å². The van der Waals surface area contributed by atoms with Crippen molar-refractivity contribution in [2.45, 2.75) is 4.90 Å². The van der Waals surface area contributed by atoms with Gasteiger partial charge in [0.2, 0.25) is 10.0 Å². The molecule has 1 N–H and O–H groups in total. The fourth-order valence-corrected chi connectivity index (χ4v) is 4.85. The van der Waals surface area contributed by atoms with Crippen LogP contribution in [0.1, 0.15) is 20.7 Å². The van der Waals surface area contributed by atoms with E-state index in [1.165, 1.54) is 35.7 Å². The Balaban J connectivity index is 1.62. The molecule has 2 aromatic carbocycles. The zero-order chi connectivity index (χ0) is 24.0. The Hall–Kier alpha value is -2.99. The number of morpholine rings is 1. The fourth-order valence-electron chi connectivity index (χ4n) is 2.95. The number of hydrogen-bond donors (Lipinski definition) is 1. The van der Waals surface area contributed by atoms with E-state index in [2.05, 4.69) is 5.32 Å². The number of sulfonamides is 1. The number of esters is 1. The number of methoxy groups -OCH3 is 1. The molecular weight excluding hydrogens is 476 g/mol. The normalized spacial score (nSPS) is 14.4. The number of nitrogens with zero attached hydrogens (tertiary/aromatic N) is 1. The first-order valence-corrected chi connectivity index (χ1v) is 11.6. The molecule has 1 aliphatic rings. The van der Waals surface area contributed by atoms with E-state index in [1.54, 1.807) is 12.1 Å².